The van der Waals surface area contributed by atoms with E-state index in [4.69, 9.17) is 4.52 Å². The molecule has 0 unspecified atom stereocenters. The standard InChI is InChI=1S/C13H18N6O/c1-2-9(1)5-14-6-11-7-19(18-16-11)8-12-15-13(17-20-12)10-3-4-10/h7,9-10,14H,1-6,8H2. The zero-order valence-electron chi connectivity index (χ0n) is 11.3. The average molecular weight is 274 g/mol. The molecule has 7 heteroatoms. The predicted molar refractivity (Wildman–Crippen MR) is 69.8 cm³/mol. The molecule has 0 amide bonds. The summed E-state index contributed by atoms with van der Waals surface area (Å²) < 4.78 is 6.98. The van der Waals surface area contributed by atoms with Crippen LogP contribution in [0, 0.1) is 5.92 Å². The molecule has 20 heavy (non-hydrogen) atoms. The van der Waals surface area contributed by atoms with Gasteiger partial charge in [-0.3, -0.25) is 0 Å². The molecule has 0 radical (unpaired) electrons. The molecule has 2 aliphatic carbocycles. The number of hydrogen-bond acceptors (Lipinski definition) is 6. The molecule has 1 N–H and O–H groups in total. The van der Waals surface area contributed by atoms with Crippen molar-refractivity contribution in [2.45, 2.75) is 44.7 Å². The van der Waals surface area contributed by atoms with Gasteiger partial charge in [-0.05, 0) is 38.1 Å². The van der Waals surface area contributed by atoms with Crippen LogP contribution in [0.3, 0.4) is 0 Å². The maximum atomic E-state index is 5.23. The normalized spacial score (nSPS) is 18.6. The van der Waals surface area contributed by atoms with Gasteiger partial charge in [0.2, 0.25) is 5.89 Å². The summed E-state index contributed by atoms with van der Waals surface area (Å²) in [6.07, 6.45) is 7.01. The van der Waals surface area contributed by atoms with E-state index in [-0.39, 0.29) is 0 Å². The first-order valence-corrected chi connectivity index (χ1v) is 7.29. The summed E-state index contributed by atoms with van der Waals surface area (Å²) in [6, 6.07) is 0. The van der Waals surface area contributed by atoms with E-state index < -0.39 is 0 Å². The lowest BCUT2D eigenvalue weighted by molar-refractivity contribution is 0.360. The van der Waals surface area contributed by atoms with Gasteiger partial charge in [-0.2, -0.15) is 4.98 Å². The number of nitrogens with zero attached hydrogens (tertiary/aromatic N) is 5. The Balaban J connectivity index is 1.31. The first kappa shape index (κ1) is 12.0. The van der Waals surface area contributed by atoms with Gasteiger partial charge >= 0.3 is 0 Å². The minimum atomic E-state index is 0.495. The predicted octanol–water partition coefficient (Wildman–Crippen LogP) is 1.09. The maximum absolute atomic E-state index is 5.23. The highest BCUT2D eigenvalue weighted by atomic mass is 16.5. The van der Waals surface area contributed by atoms with E-state index in [2.05, 4.69) is 25.8 Å². The van der Waals surface area contributed by atoms with Crippen molar-refractivity contribution in [2.75, 3.05) is 6.54 Å². The van der Waals surface area contributed by atoms with E-state index in [0.29, 0.717) is 18.4 Å². The summed E-state index contributed by atoms with van der Waals surface area (Å²) in [5.74, 6) is 2.84. The molecule has 2 fully saturated rings. The molecule has 106 valence electrons. The summed E-state index contributed by atoms with van der Waals surface area (Å²) in [7, 11) is 0. The molecule has 2 aromatic heterocycles. The number of nitrogens with one attached hydrogen (secondary N) is 1. The van der Waals surface area contributed by atoms with Crippen LogP contribution in [0.15, 0.2) is 10.7 Å². The van der Waals surface area contributed by atoms with Gasteiger partial charge in [-0.15, -0.1) is 5.10 Å². The Morgan fingerprint density at radius 1 is 1.30 bits per heavy atom. The van der Waals surface area contributed by atoms with Gasteiger partial charge in [0.1, 0.15) is 6.54 Å². The first-order valence-electron chi connectivity index (χ1n) is 7.29. The van der Waals surface area contributed by atoms with Crippen molar-refractivity contribution in [1.29, 1.82) is 0 Å². The van der Waals surface area contributed by atoms with Crippen LogP contribution in [0.4, 0.5) is 0 Å². The number of rotatable bonds is 7. The highest BCUT2D eigenvalue weighted by molar-refractivity contribution is 5.03. The van der Waals surface area contributed by atoms with Gasteiger partial charge in [-0.1, -0.05) is 10.4 Å². The van der Waals surface area contributed by atoms with Crippen LogP contribution < -0.4 is 5.32 Å². The third-order valence-corrected chi connectivity index (χ3v) is 3.75. The molecule has 4 rings (SSSR count). The molecule has 0 aliphatic heterocycles. The zero-order chi connectivity index (χ0) is 13.4. The van der Waals surface area contributed by atoms with E-state index in [1.807, 2.05) is 6.20 Å². The second kappa shape index (κ2) is 4.97. The largest absolute Gasteiger partial charge is 0.337 e. The molecular formula is C13H18N6O. The van der Waals surface area contributed by atoms with Crippen LogP contribution in [0.2, 0.25) is 0 Å². The minimum Gasteiger partial charge on any atom is -0.337 e. The number of hydrogen-bond donors (Lipinski definition) is 1. The van der Waals surface area contributed by atoms with E-state index in [0.717, 1.165) is 30.5 Å². The molecule has 0 bridgehead atoms. The Kier molecular flexibility index (Phi) is 2.99. The van der Waals surface area contributed by atoms with Gasteiger partial charge < -0.3 is 9.84 Å². The second-order valence-electron chi connectivity index (χ2n) is 5.80. The molecule has 2 saturated carbocycles. The van der Waals surface area contributed by atoms with Gasteiger partial charge in [-0.25, -0.2) is 4.68 Å². The molecule has 0 atom stereocenters. The van der Waals surface area contributed by atoms with Gasteiger partial charge in [0.15, 0.2) is 5.82 Å². The van der Waals surface area contributed by atoms with Crippen LogP contribution in [0.5, 0.6) is 0 Å². The summed E-state index contributed by atoms with van der Waals surface area (Å²) in [5, 5.41) is 15.6. The molecule has 2 heterocycles. The fraction of sp³-hybridized carbons (Fsp3) is 0.692. The van der Waals surface area contributed by atoms with Crippen LogP contribution in [0.25, 0.3) is 0 Å². The molecule has 7 nitrogen and oxygen atoms in total. The van der Waals surface area contributed by atoms with Gasteiger partial charge in [0.05, 0.1) is 11.9 Å². The fourth-order valence-corrected chi connectivity index (χ4v) is 2.20. The number of aromatic nitrogens is 5. The summed E-state index contributed by atoms with van der Waals surface area (Å²) in [6.45, 7) is 2.35. The molecule has 0 spiro atoms. The lowest BCUT2D eigenvalue weighted by Gasteiger charge is -1.98. The molecule has 0 aromatic carbocycles. The van der Waals surface area contributed by atoms with Crippen LogP contribution >= 0.6 is 0 Å². The summed E-state index contributed by atoms with van der Waals surface area (Å²) in [5.41, 5.74) is 0.951. The van der Waals surface area contributed by atoms with Crippen molar-refractivity contribution in [2.24, 2.45) is 5.92 Å². The van der Waals surface area contributed by atoms with Crippen molar-refractivity contribution < 1.29 is 4.52 Å². The van der Waals surface area contributed by atoms with E-state index in [9.17, 15) is 0 Å². The van der Waals surface area contributed by atoms with E-state index >= 15 is 0 Å². The zero-order valence-corrected chi connectivity index (χ0v) is 11.3. The molecule has 2 aliphatic rings. The second-order valence-corrected chi connectivity index (χ2v) is 5.80. The smallest absolute Gasteiger partial charge is 0.248 e. The van der Waals surface area contributed by atoms with Crippen molar-refractivity contribution in [3.05, 3.63) is 23.6 Å². The Morgan fingerprint density at radius 3 is 3.00 bits per heavy atom. The lowest BCUT2D eigenvalue weighted by atomic mass is 10.4. The Hall–Kier alpha value is -1.76. The van der Waals surface area contributed by atoms with E-state index in [1.54, 1.807) is 4.68 Å². The minimum absolute atomic E-state index is 0.495. The maximum Gasteiger partial charge on any atom is 0.248 e. The quantitative estimate of drug-likeness (QED) is 0.813. The monoisotopic (exact) mass is 274 g/mol. The van der Waals surface area contributed by atoms with Crippen LogP contribution in [-0.4, -0.2) is 31.7 Å². The third-order valence-electron chi connectivity index (χ3n) is 3.75. The Labute approximate surface area is 116 Å². The van der Waals surface area contributed by atoms with Crippen molar-refractivity contribution in [1.82, 2.24) is 30.5 Å². The third kappa shape index (κ3) is 2.87. The lowest BCUT2D eigenvalue weighted by Crippen LogP contribution is -2.16. The van der Waals surface area contributed by atoms with Crippen molar-refractivity contribution >= 4 is 0 Å². The van der Waals surface area contributed by atoms with Crippen molar-refractivity contribution in [3.63, 3.8) is 0 Å². The van der Waals surface area contributed by atoms with Gasteiger partial charge in [0, 0.05) is 12.5 Å². The van der Waals surface area contributed by atoms with Gasteiger partial charge in [0.25, 0.3) is 0 Å². The Bertz CT molecular complexity index is 583. The highest BCUT2D eigenvalue weighted by Crippen LogP contribution is 2.38. The first-order chi connectivity index (χ1) is 9.87. The average Bonchev–Trinajstić information content (AvgIpc) is 3.37. The van der Waals surface area contributed by atoms with Crippen LogP contribution in [-0.2, 0) is 13.1 Å². The molecule has 0 saturated heterocycles. The highest BCUT2D eigenvalue weighted by Gasteiger charge is 2.28. The SMILES string of the molecule is c1c(CNCC2CC2)nnn1Cc1nc(C2CC2)no1. The Morgan fingerprint density at radius 2 is 2.20 bits per heavy atom. The summed E-state index contributed by atoms with van der Waals surface area (Å²) in [4.78, 5) is 4.39. The van der Waals surface area contributed by atoms with Crippen molar-refractivity contribution in [3.8, 4) is 0 Å². The topological polar surface area (TPSA) is 81.7 Å². The molecular weight excluding hydrogens is 256 g/mol. The molecule has 2 aromatic rings. The van der Waals surface area contributed by atoms with Crippen LogP contribution in [0.1, 0.15) is 49.0 Å². The summed E-state index contributed by atoms with van der Waals surface area (Å²) >= 11 is 0. The van der Waals surface area contributed by atoms with E-state index in [1.165, 1.54) is 25.7 Å². The fourth-order valence-electron chi connectivity index (χ4n) is 2.20.